The highest BCUT2D eigenvalue weighted by Crippen LogP contribution is 2.47. The summed E-state index contributed by atoms with van der Waals surface area (Å²) in [6, 6.07) is 13.4. The van der Waals surface area contributed by atoms with Crippen LogP contribution in [0.25, 0.3) is 0 Å². The maximum atomic E-state index is 12.3. The number of rotatable bonds is 7. The first-order chi connectivity index (χ1) is 12.1. The fourth-order valence-electron chi connectivity index (χ4n) is 3.12. The summed E-state index contributed by atoms with van der Waals surface area (Å²) in [5, 5.41) is 3.74. The van der Waals surface area contributed by atoms with Crippen LogP contribution in [0.2, 0.25) is 5.02 Å². The number of ether oxygens (including phenoxy) is 2. The van der Waals surface area contributed by atoms with Crippen LogP contribution in [0, 0.1) is 5.92 Å². The Labute approximate surface area is 153 Å². The van der Waals surface area contributed by atoms with Gasteiger partial charge in [-0.1, -0.05) is 23.7 Å². The van der Waals surface area contributed by atoms with Crippen molar-refractivity contribution < 1.29 is 14.3 Å². The number of halogens is 1. The van der Waals surface area contributed by atoms with Crippen molar-refractivity contribution >= 4 is 17.5 Å². The first-order valence-corrected chi connectivity index (χ1v) is 8.74. The second-order valence-corrected chi connectivity index (χ2v) is 6.66. The monoisotopic (exact) mass is 359 g/mol. The summed E-state index contributed by atoms with van der Waals surface area (Å²) in [6.07, 6.45) is 1.58. The van der Waals surface area contributed by atoms with E-state index in [4.69, 9.17) is 21.1 Å². The van der Waals surface area contributed by atoms with Gasteiger partial charge in [-0.2, -0.15) is 0 Å². The molecule has 5 heteroatoms. The molecule has 1 fully saturated rings. The van der Waals surface area contributed by atoms with Crippen LogP contribution in [-0.4, -0.2) is 26.7 Å². The average Bonchev–Trinajstić information content (AvgIpc) is 3.42. The molecule has 132 valence electrons. The Balaban J connectivity index is 1.52. The minimum Gasteiger partial charge on any atom is -0.497 e. The normalized spacial score (nSPS) is 18.5. The third-order valence-corrected chi connectivity index (χ3v) is 4.82. The highest BCUT2D eigenvalue weighted by Gasteiger charge is 2.43. The van der Waals surface area contributed by atoms with Gasteiger partial charge in [0.25, 0.3) is 0 Å². The number of methoxy groups -OCH3 is 2. The maximum Gasteiger partial charge on any atom is 0.223 e. The molecule has 0 radical (unpaired) electrons. The first-order valence-electron chi connectivity index (χ1n) is 8.36. The Morgan fingerprint density at radius 2 is 2.04 bits per heavy atom. The van der Waals surface area contributed by atoms with Crippen molar-refractivity contribution in [1.82, 2.24) is 5.32 Å². The number of carbonyl (C=O) groups is 1. The van der Waals surface area contributed by atoms with Crippen molar-refractivity contribution in [2.75, 3.05) is 20.8 Å². The molecule has 0 heterocycles. The number of nitrogens with one attached hydrogen (secondary N) is 1. The number of carbonyl (C=O) groups excluding carboxylic acids is 1. The molecule has 0 saturated heterocycles. The van der Waals surface area contributed by atoms with Crippen LogP contribution in [0.4, 0.5) is 0 Å². The lowest BCUT2D eigenvalue weighted by Gasteiger charge is -2.11. The van der Waals surface area contributed by atoms with Gasteiger partial charge in [-0.25, -0.2) is 0 Å². The van der Waals surface area contributed by atoms with E-state index in [1.54, 1.807) is 14.2 Å². The zero-order chi connectivity index (χ0) is 17.8. The van der Waals surface area contributed by atoms with Gasteiger partial charge in [0.05, 0.1) is 14.2 Å². The summed E-state index contributed by atoms with van der Waals surface area (Å²) in [5.74, 6) is 2.02. The summed E-state index contributed by atoms with van der Waals surface area (Å²) in [5.41, 5.74) is 2.16. The molecule has 1 amide bonds. The van der Waals surface area contributed by atoms with Crippen LogP contribution in [0.15, 0.2) is 42.5 Å². The van der Waals surface area contributed by atoms with Crippen LogP contribution in [-0.2, 0) is 11.2 Å². The Morgan fingerprint density at radius 1 is 1.20 bits per heavy atom. The smallest absolute Gasteiger partial charge is 0.223 e. The Hall–Kier alpha value is -2.20. The summed E-state index contributed by atoms with van der Waals surface area (Å²) >= 11 is 6.03. The van der Waals surface area contributed by atoms with Gasteiger partial charge in [0.1, 0.15) is 11.5 Å². The number of hydrogen-bond donors (Lipinski definition) is 1. The Morgan fingerprint density at radius 3 is 2.76 bits per heavy atom. The van der Waals surface area contributed by atoms with Crippen molar-refractivity contribution in [1.29, 1.82) is 0 Å². The van der Waals surface area contributed by atoms with E-state index < -0.39 is 0 Å². The molecule has 25 heavy (non-hydrogen) atoms. The van der Waals surface area contributed by atoms with E-state index in [0.717, 1.165) is 29.0 Å². The van der Waals surface area contributed by atoms with Gasteiger partial charge in [-0.3, -0.25) is 4.79 Å². The van der Waals surface area contributed by atoms with Crippen molar-refractivity contribution in [3.05, 3.63) is 58.6 Å². The first kappa shape index (κ1) is 17.6. The van der Waals surface area contributed by atoms with Crippen LogP contribution < -0.4 is 14.8 Å². The molecule has 4 nitrogen and oxygen atoms in total. The highest BCUT2D eigenvalue weighted by atomic mass is 35.5. The number of benzene rings is 2. The molecule has 3 rings (SSSR count). The lowest BCUT2D eigenvalue weighted by atomic mass is 10.1. The standard InChI is InChI=1S/C20H22ClNO3/c1-24-16-6-7-19(25-2)14(11-16)8-9-22-20(23)18-12-17(18)13-4-3-5-15(21)10-13/h3-7,10-11,17-18H,8-9,12H2,1-2H3,(H,22,23). The summed E-state index contributed by atoms with van der Waals surface area (Å²) in [6.45, 7) is 0.571. The van der Waals surface area contributed by atoms with Gasteiger partial charge in [0.15, 0.2) is 0 Å². The van der Waals surface area contributed by atoms with Gasteiger partial charge >= 0.3 is 0 Å². The van der Waals surface area contributed by atoms with Crippen LogP contribution in [0.3, 0.4) is 0 Å². The zero-order valence-corrected chi connectivity index (χ0v) is 15.2. The van der Waals surface area contributed by atoms with Crippen molar-refractivity contribution in [2.45, 2.75) is 18.8 Å². The number of hydrogen-bond acceptors (Lipinski definition) is 3. The second-order valence-electron chi connectivity index (χ2n) is 6.22. The quantitative estimate of drug-likeness (QED) is 0.817. The lowest BCUT2D eigenvalue weighted by Crippen LogP contribution is -2.27. The maximum absolute atomic E-state index is 12.3. The third-order valence-electron chi connectivity index (χ3n) is 4.59. The Kier molecular flexibility index (Phi) is 5.49. The molecule has 1 aliphatic carbocycles. The van der Waals surface area contributed by atoms with Gasteiger partial charge in [-0.15, -0.1) is 0 Å². The summed E-state index contributed by atoms with van der Waals surface area (Å²) < 4.78 is 10.6. The van der Waals surface area contributed by atoms with Crippen LogP contribution in [0.5, 0.6) is 11.5 Å². The van der Waals surface area contributed by atoms with Gasteiger partial charge in [-0.05, 0) is 60.2 Å². The minimum atomic E-state index is 0.0469. The van der Waals surface area contributed by atoms with E-state index in [1.165, 1.54) is 0 Å². The molecule has 0 aromatic heterocycles. The molecule has 2 unspecified atom stereocenters. The van der Waals surface area contributed by atoms with Gasteiger partial charge < -0.3 is 14.8 Å². The molecule has 0 aliphatic heterocycles. The molecule has 2 aromatic rings. The van der Waals surface area contributed by atoms with E-state index in [-0.39, 0.29) is 17.7 Å². The molecule has 2 aromatic carbocycles. The van der Waals surface area contributed by atoms with E-state index >= 15 is 0 Å². The van der Waals surface area contributed by atoms with Crippen molar-refractivity contribution in [3.63, 3.8) is 0 Å². The molecule has 1 aliphatic rings. The van der Waals surface area contributed by atoms with E-state index in [2.05, 4.69) is 5.32 Å². The topological polar surface area (TPSA) is 47.6 Å². The SMILES string of the molecule is COc1ccc(OC)c(CCNC(=O)C2CC2c2cccc(Cl)c2)c1. The largest absolute Gasteiger partial charge is 0.497 e. The molecule has 1 saturated carbocycles. The molecule has 0 spiro atoms. The third kappa shape index (κ3) is 4.26. The fraction of sp³-hybridized carbons (Fsp3) is 0.350. The molecule has 2 atom stereocenters. The van der Waals surface area contributed by atoms with Crippen molar-refractivity contribution in [3.8, 4) is 11.5 Å². The molecule has 1 N–H and O–H groups in total. The van der Waals surface area contributed by atoms with Crippen LogP contribution in [0.1, 0.15) is 23.5 Å². The predicted molar refractivity (Wildman–Crippen MR) is 98.6 cm³/mol. The molecular formula is C20H22ClNO3. The van der Waals surface area contributed by atoms with Gasteiger partial charge in [0, 0.05) is 17.5 Å². The zero-order valence-electron chi connectivity index (χ0n) is 14.4. The molecule has 0 bridgehead atoms. The minimum absolute atomic E-state index is 0.0469. The molecular weight excluding hydrogens is 338 g/mol. The highest BCUT2D eigenvalue weighted by molar-refractivity contribution is 6.30. The summed E-state index contributed by atoms with van der Waals surface area (Å²) in [7, 11) is 3.28. The fourth-order valence-corrected chi connectivity index (χ4v) is 3.32. The number of amides is 1. The average molecular weight is 360 g/mol. The summed E-state index contributed by atoms with van der Waals surface area (Å²) in [4.78, 5) is 12.3. The van der Waals surface area contributed by atoms with E-state index in [1.807, 2.05) is 42.5 Å². The lowest BCUT2D eigenvalue weighted by molar-refractivity contribution is -0.122. The van der Waals surface area contributed by atoms with Crippen molar-refractivity contribution in [2.24, 2.45) is 5.92 Å². The van der Waals surface area contributed by atoms with Gasteiger partial charge in [0.2, 0.25) is 5.91 Å². The van der Waals surface area contributed by atoms with E-state index in [0.29, 0.717) is 18.0 Å². The second kappa shape index (κ2) is 7.79. The Bertz CT molecular complexity index is 762. The van der Waals surface area contributed by atoms with Crippen LogP contribution >= 0.6 is 11.6 Å². The predicted octanol–water partition coefficient (Wildman–Crippen LogP) is 3.82. The van der Waals surface area contributed by atoms with E-state index in [9.17, 15) is 4.79 Å².